The summed E-state index contributed by atoms with van der Waals surface area (Å²) in [6.07, 6.45) is 11.0. The van der Waals surface area contributed by atoms with Gasteiger partial charge in [0.2, 0.25) is 0 Å². The molecule has 7 nitrogen and oxygen atoms in total. The van der Waals surface area contributed by atoms with Crippen LogP contribution >= 0.6 is 0 Å². The summed E-state index contributed by atoms with van der Waals surface area (Å²) in [6, 6.07) is 1.96. The van der Waals surface area contributed by atoms with Crippen LogP contribution in [0.2, 0.25) is 0 Å². The number of rotatable bonds is 3. The molecule has 7 heteroatoms. The molecule has 0 saturated heterocycles. The first-order valence-electron chi connectivity index (χ1n) is 8.71. The molecular weight excluding hydrogens is 318 g/mol. The van der Waals surface area contributed by atoms with Gasteiger partial charge in [0, 0.05) is 30.2 Å². The van der Waals surface area contributed by atoms with E-state index in [4.69, 9.17) is 4.42 Å². The van der Waals surface area contributed by atoms with Gasteiger partial charge in [0.1, 0.15) is 12.0 Å². The first-order valence-corrected chi connectivity index (χ1v) is 8.71. The van der Waals surface area contributed by atoms with Crippen molar-refractivity contribution in [1.82, 2.24) is 24.8 Å². The molecule has 3 aromatic heterocycles. The van der Waals surface area contributed by atoms with E-state index in [2.05, 4.69) is 20.3 Å². The summed E-state index contributed by atoms with van der Waals surface area (Å²) in [5.41, 5.74) is 0.778. The third-order valence-electron chi connectivity index (χ3n) is 5.83. The van der Waals surface area contributed by atoms with Crippen molar-refractivity contribution in [3.8, 4) is 5.82 Å². The number of aromatic nitrogens is 4. The van der Waals surface area contributed by atoms with Crippen molar-refractivity contribution >= 4 is 16.9 Å². The molecule has 5 rings (SSSR count). The highest BCUT2D eigenvalue weighted by Gasteiger charge is 2.50. The van der Waals surface area contributed by atoms with Gasteiger partial charge in [0.25, 0.3) is 5.89 Å². The molecule has 2 fully saturated rings. The van der Waals surface area contributed by atoms with Gasteiger partial charge in [-0.05, 0) is 44.1 Å². The van der Waals surface area contributed by atoms with Crippen molar-refractivity contribution in [3.05, 3.63) is 36.4 Å². The van der Waals surface area contributed by atoms with E-state index in [1.165, 1.54) is 19.2 Å². The Hall–Kier alpha value is -2.70. The highest BCUT2D eigenvalue weighted by Crippen LogP contribution is 2.56. The van der Waals surface area contributed by atoms with Gasteiger partial charge in [0.05, 0.1) is 0 Å². The van der Waals surface area contributed by atoms with Crippen LogP contribution in [-0.4, -0.2) is 32.5 Å². The second kappa shape index (κ2) is 5.15. The molecule has 0 spiro atoms. The molecule has 2 aliphatic carbocycles. The minimum atomic E-state index is -0.303. The van der Waals surface area contributed by atoms with Crippen LogP contribution in [0.5, 0.6) is 0 Å². The van der Waals surface area contributed by atoms with Crippen LogP contribution in [0.1, 0.15) is 48.5 Å². The van der Waals surface area contributed by atoms with Crippen molar-refractivity contribution in [2.75, 3.05) is 7.05 Å². The van der Waals surface area contributed by atoms with Crippen LogP contribution < -0.4 is 5.32 Å². The van der Waals surface area contributed by atoms with Gasteiger partial charge >= 0.3 is 5.91 Å². The number of amides is 1. The van der Waals surface area contributed by atoms with E-state index in [9.17, 15) is 4.79 Å². The number of hydrogen-bond acceptors (Lipinski definition) is 5. The van der Waals surface area contributed by atoms with E-state index < -0.39 is 0 Å². The average molecular weight is 337 g/mol. The van der Waals surface area contributed by atoms with Gasteiger partial charge in [0.15, 0.2) is 11.6 Å². The summed E-state index contributed by atoms with van der Waals surface area (Å²) in [5, 5.41) is 3.54. The van der Waals surface area contributed by atoms with E-state index in [1.54, 1.807) is 13.2 Å². The lowest BCUT2D eigenvalue weighted by atomic mass is 9.82. The zero-order chi connectivity index (χ0) is 17.0. The quantitative estimate of drug-likeness (QED) is 0.794. The predicted octanol–water partition coefficient (Wildman–Crippen LogP) is 2.60. The number of nitrogens with zero attached hydrogens (tertiary/aromatic N) is 4. The first kappa shape index (κ1) is 14.6. The molecule has 1 N–H and O–H groups in total. The van der Waals surface area contributed by atoms with Crippen molar-refractivity contribution < 1.29 is 9.21 Å². The first-order chi connectivity index (χ1) is 12.2. The summed E-state index contributed by atoms with van der Waals surface area (Å²) < 4.78 is 7.98. The molecule has 25 heavy (non-hydrogen) atoms. The maximum absolute atomic E-state index is 12.1. The van der Waals surface area contributed by atoms with Gasteiger partial charge in [-0.1, -0.05) is 0 Å². The summed E-state index contributed by atoms with van der Waals surface area (Å²) in [5.74, 6) is 2.11. The molecule has 3 heterocycles. The summed E-state index contributed by atoms with van der Waals surface area (Å²) in [6.45, 7) is 0. The fraction of sp³-hybridized carbons (Fsp3) is 0.444. The average Bonchev–Trinajstić information content (AvgIpc) is 3.41. The Morgan fingerprint density at radius 1 is 1.40 bits per heavy atom. The summed E-state index contributed by atoms with van der Waals surface area (Å²) >= 11 is 0. The van der Waals surface area contributed by atoms with Gasteiger partial charge < -0.3 is 9.73 Å². The number of fused-ring (bicyclic) bond motifs is 3. The number of nitrogens with one attached hydrogen (secondary N) is 1. The van der Waals surface area contributed by atoms with Gasteiger partial charge in [-0.15, -0.1) is 0 Å². The number of carbonyl (C=O) groups excluding carboxylic acids is 1. The third-order valence-corrected chi connectivity index (χ3v) is 5.83. The van der Waals surface area contributed by atoms with E-state index in [1.807, 2.05) is 16.8 Å². The Morgan fingerprint density at radius 3 is 2.96 bits per heavy atom. The van der Waals surface area contributed by atoms with Gasteiger partial charge in [-0.3, -0.25) is 9.36 Å². The SMILES string of the molecule is CNC(=O)c1nc(-n2ccc3cncnc32)c(C23CCC(CC2)C3)o1. The third kappa shape index (κ3) is 2.04. The highest BCUT2D eigenvalue weighted by atomic mass is 16.4. The van der Waals surface area contributed by atoms with Crippen LogP contribution in [-0.2, 0) is 5.41 Å². The molecule has 3 aromatic rings. The van der Waals surface area contributed by atoms with E-state index in [0.29, 0.717) is 5.82 Å². The van der Waals surface area contributed by atoms with Crippen LogP contribution in [0.25, 0.3) is 16.9 Å². The number of hydrogen-bond donors (Lipinski definition) is 1. The largest absolute Gasteiger partial charge is 0.435 e. The Bertz CT molecular complexity index is 965. The summed E-state index contributed by atoms with van der Waals surface area (Å²) in [7, 11) is 1.59. The molecule has 2 saturated carbocycles. The number of carbonyl (C=O) groups is 1. The maximum atomic E-state index is 12.1. The van der Waals surface area contributed by atoms with Crippen molar-refractivity contribution in [2.24, 2.45) is 5.92 Å². The normalized spacial score (nSPS) is 24.9. The second-order valence-corrected chi connectivity index (χ2v) is 7.17. The Balaban J connectivity index is 1.73. The van der Waals surface area contributed by atoms with Crippen LogP contribution in [0, 0.1) is 5.92 Å². The predicted molar refractivity (Wildman–Crippen MR) is 90.6 cm³/mol. The topological polar surface area (TPSA) is 85.8 Å². The van der Waals surface area contributed by atoms with Crippen LogP contribution in [0.3, 0.4) is 0 Å². The van der Waals surface area contributed by atoms with E-state index >= 15 is 0 Å². The molecule has 0 radical (unpaired) electrons. The Kier molecular flexibility index (Phi) is 3.01. The Labute approximate surface area is 144 Å². The van der Waals surface area contributed by atoms with Crippen molar-refractivity contribution in [2.45, 2.75) is 37.5 Å². The van der Waals surface area contributed by atoms with Crippen LogP contribution in [0.4, 0.5) is 0 Å². The molecule has 0 unspecified atom stereocenters. The molecule has 0 aromatic carbocycles. The van der Waals surface area contributed by atoms with Gasteiger partial charge in [-0.2, -0.15) is 4.98 Å². The minimum absolute atomic E-state index is 0.00287. The fourth-order valence-electron chi connectivity index (χ4n) is 4.58. The summed E-state index contributed by atoms with van der Waals surface area (Å²) in [4.78, 5) is 25.1. The highest BCUT2D eigenvalue weighted by molar-refractivity contribution is 5.90. The molecule has 2 bridgehead atoms. The monoisotopic (exact) mass is 337 g/mol. The second-order valence-electron chi connectivity index (χ2n) is 7.17. The van der Waals surface area contributed by atoms with Crippen molar-refractivity contribution in [3.63, 3.8) is 0 Å². The Morgan fingerprint density at radius 2 is 2.24 bits per heavy atom. The lowest BCUT2D eigenvalue weighted by Crippen LogP contribution is -2.21. The molecular formula is C18H19N5O2. The van der Waals surface area contributed by atoms with Crippen LogP contribution in [0.15, 0.2) is 29.2 Å². The molecule has 128 valence electrons. The maximum Gasteiger partial charge on any atom is 0.306 e. The lowest BCUT2D eigenvalue weighted by molar-refractivity contribution is 0.0924. The number of oxazole rings is 1. The molecule has 0 atom stereocenters. The molecule has 2 aliphatic rings. The lowest BCUT2D eigenvalue weighted by Gasteiger charge is -2.24. The minimum Gasteiger partial charge on any atom is -0.435 e. The molecule has 1 amide bonds. The standard InChI is InChI=1S/C18H19N5O2/c1-19-16(24)17-22-15(23-7-4-12-9-20-10-21-14(12)23)13(25-17)18-5-2-11(8-18)3-6-18/h4,7,9-11H,2-3,5-6,8H2,1H3,(H,19,24). The van der Waals surface area contributed by atoms with Gasteiger partial charge in [-0.25, -0.2) is 9.97 Å². The molecule has 0 aliphatic heterocycles. The zero-order valence-corrected chi connectivity index (χ0v) is 14.0. The van der Waals surface area contributed by atoms with E-state index in [0.717, 1.165) is 42.0 Å². The van der Waals surface area contributed by atoms with E-state index in [-0.39, 0.29) is 17.2 Å². The zero-order valence-electron chi connectivity index (χ0n) is 14.0. The smallest absolute Gasteiger partial charge is 0.306 e. The van der Waals surface area contributed by atoms with Crippen molar-refractivity contribution in [1.29, 1.82) is 0 Å². The fourth-order valence-corrected chi connectivity index (χ4v) is 4.58.